The normalized spacial score (nSPS) is 14.6. The molecule has 6 heteroatoms. The Labute approximate surface area is 142 Å². The summed E-state index contributed by atoms with van der Waals surface area (Å²) in [5.41, 5.74) is 3.48. The van der Waals surface area contributed by atoms with Crippen LogP contribution in [0, 0.1) is 13.8 Å². The van der Waals surface area contributed by atoms with Crippen molar-refractivity contribution in [3.8, 4) is 0 Å². The Morgan fingerprint density at radius 1 is 1.08 bits per heavy atom. The predicted octanol–water partition coefficient (Wildman–Crippen LogP) is 2.51. The third kappa shape index (κ3) is 3.64. The number of benzene rings is 1. The number of aryl methyl sites for hydroxylation is 2. The summed E-state index contributed by atoms with van der Waals surface area (Å²) in [6.45, 7) is 8.85. The minimum atomic E-state index is 0.134. The second-order valence-corrected chi connectivity index (χ2v) is 6.16. The predicted molar refractivity (Wildman–Crippen MR) is 95.7 cm³/mol. The minimum absolute atomic E-state index is 0.134. The Hall–Kier alpha value is -2.63. The average molecular weight is 325 g/mol. The standard InChI is InChI=1S/C18H23N5O/c1-13-4-5-16(12-14(13)2)20-18-19-7-6-17(21-18)23-10-8-22(9-11-23)15(3)24/h4-7,12H,8-11H2,1-3H3,(H,19,20,21). The molecule has 3 rings (SSSR count). The molecule has 1 saturated heterocycles. The number of amides is 1. The number of rotatable bonds is 3. The van der Waals surface area contributed by atoms with E-state index in [1.54, 1.807) is 13.1 Å². The van der Waals surface area contributed by atoms with Gasteiger partial charge in [-0.15, -0.1) is 0 Å². The smallest absolute Gasteiger partial charge is 0.229 e. The van der Waals surface area contributed by atoms with E-state index in [4.69, 9.17) is 0 Å². The third-order valence-electron chi connectivity index (χ3n) is 4.45. The number of carbonyl (C=O) groups excluding carboxylic acids is 1. The first-order valence-electron chi connectivity index (χ1n) is 8.21. The van der Waals surface area contributed by atoms with Crippen LogP contribution in [-0.2, 0) is 4.79 Å². The van der Waals surface area contributed by atoms with E-state index in [1.165, 1.54) is 11.1 Å². The lowest BCUT2D eigenvalue weighted by atomic mass is 10.1. The maximum Gasteiger partial charge on any atom is 0.229 e. The molecule has 0 aliphatic carbocycles. The van der Waals surface area contributed by atoms with Gasteiger partial charge in [-0.25, -0.2) is 4.98 Å². The lowest BCUT2D eigenvalue weighted by Gasteiger charge is -2.34. The number of piperazine rings is 1. The molecule has 0 bridgehead atoms. The Kier molecular flexibility index (Phi) is 4.64. The first-order valence-corrected chi connectivity index (χ1v) is 8.21. The van der Waals surface area contributed by atoms with Crippen molar-refractivity contribution in [2.24, 2.45) is 0 Å². The van der Waals surface area contributed by atoms with Gasteiger partial charge in [0.05, 0.1) is 0 Å². The van der Waals surface area contributed by atoms with Gasteiger partial charge in [0.1, 0.15) is 5.82 Å². The van der Waals surface area contributed by atoms with E-state index >= 15 is 0 Å². The highest BCUT2D eigenvalue weighted by molar-refractivity contribution is 5.73. The molecule has 2 aromatic rings. The molecule has 1 fully saturated rings. The van der Waals surface area contributed by atoms with Crippen molar-refractivity contribution in [1.82, 2.24) is 14.9 Å². The summed E-state index contributed by atoms with van der Waals surface area (Å²) >= 11 is 0. The molecule has 1 aliphatic rings. The van der Waals surface area contributed by atoms with Crippen LogP contribution in [0.2, 0.25) is 0 Å². The molecule has 1 amide bonds. The molecule has 0 unspecified atom stereocenters. The van der Waals surface area contributed by atoms with E-state index < -0.39 is 0 Å². The maximum absolute atomic E-state index is 11.4. The number of aromatic nitrogens is 2. The summed E-state index contributed by atoms with van der Waals surface area (Å²) in [5.74, 6) is 1.61. The first-order chi connectivity index (χ1) is 11.5. The molecule has 24 heavy (non-hydrogen) atoms. The van der Waals surface area contributed by atoms with Gasteiger partial charge in [-0.3, -0.25) is 4.79 Å². The van der Waals surface area contributed by atoms with Gasteiger partial charge in [-0.1, -0.05) is 6.07 Å². The van der Waals surface area contributed by atoms with Crippen molar-refractivity contribution in [3.05, 3.63) is 41.6 Å². The van der Waals surface area contributed by atoms with Crippen LogP contribution in [0.1, 0.15) is 18.1 Å². The second kappa shape index (κ2) is 6.86. The van der Waals surface area contributed by atoms with Crippen molar-refractivity contribution in [2.75, 3.05) is 36.4 Å². The number of carbonyl (C=O) groups is 1. The van der Waals surface area contributed by atoms with Gasteiger partial charge < -0.3 is 15.1 Å². The fraction of sp³-hybridized carbons (Fsp3) is 0.389. The van der Waals surface area contributed by atoms with Crippen LogP contribution in [0.15, 0.2) is 30.5 Å². The largest absolute Gasteiger partial charge is 0.353 e. The van der Waals surface area contributed by atoms with E-state index in [1.807, 2.05) is 17.0 Å². The summed E-state index contributed by atoms with van der Waals surface area (Å²) < 4.78 is 0. The average Bonchev–Trinajstić information content (AvgIpc) is 2.58. The van der Waals surface area contributed by atoms with Gasteiger partial charge in [0, 0.05) is 45.0 Å². The van der Waals surface area contributed by atoms with Gasteiger partial charge in [-0.2, -0.15) is 4.98 Å². The number of anilines is 3. The lowest BCUT2D eigenvalue weighted by molar-refractivity contribution is -0.129. The Bertz CT molecular complexity index is 738. The summed E-state index contributed by atoms with van der Waals surface area (Å²) in [6, 6.07) is 8.12. The SMILES string of the molecule is CC(=O)N1CCN(c2ccnc(Nc3ccc(C)c(C)c3)n2)CC1. The van der Waals surface area contributed by atoms with Crippen molar-refractivity contribution < 1.29 is 4.79 Å². The number of hydrogen-bond acceptors (Lipinski definition) is 5. The van der Waals surface area contributed by atoms with Crippen LogP contribution < -0.4 is 10.2 Å². The molecular formula is C18H23N5O. The van der Waals surface area contributed by atoms with Crippen LogP contribution >= 0.6 is 0 Å². The van der Waals surface area contributed by atoms with Crippen molar-refractivity contribution in [1.29, 1.82) is 0 Å². The highest BCUT2D eigenvalue weighted by Crippen LogP contribution is 2.20. The molecule has 6 nitrogen and oxygen atoms in total. The fourth-order valence-corrected chi connectivity index (χ4v) is 2.78. The Balaban J connectivity index is 1.70. The van der Waals surface area contributed by atoms with Crippen LogP contribution in [0.25, 0.3) is 0 Å². The molecule has 0 saturated carbocycles. The Morgan fingerprint density at radius 2 is 1.83 bits per heavy atom. The highest BCUT2D eigenvalue weighted by Gasteiger charge is 2.19. The molecule has 126 valence electrons. The Morgan fingerprint density at radius 3 is 2.50 bits per heavy atom. The van der Waals surface area contributed by atoms with Crippen molar-refractivity contribution in [2.45, 2.75) is 20.8 Å². The van der Waals surface area contributed by atoms with E-state index in [9.17, 15) is 4.79 Å². The molecule has 0 radical (unpaired) electrons. The zero-order valence-electron chi connectivity index (χ0n) is 14.4. The first kappa shape index (κ1) is 16.2. The van der Waals surface area contributed by atoms with E-state index in [0.717, 1.165) is 37.7 Å². The topological polar surface area (TPSA) is 61.4 Å². The number of hydrogen-bond donors (Lipinski definition) is 1. The van der Waals surface area contributed by atoms with Gasteiger partial charge in [0.25, 0.3) is 0 Å². The molecule has 1 aromatic carbocycles. The molecule has 1 N–H and O–H groups in total. The number of nitrogens with zero attached hydrogens (tertiary/aromatic N) is 4. The van der Waals surface area contributed by atoms with E-state index in [0.29, 0.717) is 5.95 Å². The maximum atomic E-state index is 11.4. The molecule has 0 atom stereocenters. The fourth-order valence-electron chi connectivity index (χ4n) is 2.78. The molecule has 2 heterocycles. The lowest BCUT2D eigenvalue weighted by Crippen LogP contribution is -2.48. The zero-order valence-corrected chi connectivity index (χ0v) is 14.4. The molecule has 0 spiro atoms. The van der Waals surface area contributed by atoms with Gasteiger partial charge in [0.2, 0.25) is 11.9 Å². The summed E-state index contributed by atoms with van der Waals surface area (Å²) in [7, 11) is 0. The van der Waals surface area contributed by atoms with Gasteiger partial charge in [-0.05, 0) is 43.2 Å². The zero-order chi connectivity index (χ0) is 17.1. The quantitative estimate of drug-likeness (QED) is 0.939. The molecule has 1 aromatic heterocycles. The van der Waals surface area contributed by atoms with Crippen LogP contribution in [0.4, 0.5) is 17.5 Å². The summed E-state index contributed by atoms with van der Waals surface area (Å²) in [6.07, 6.45) is 1.77. The van der Waals surface area contributed by atoms with Crippen molar-refractivity contribution in [3.63, 3.8) is 0 Å². The summed E-state index contributed by atoms with van der Waals surface area (Å²) in [5, 5.41) is 3.27. The molecule has 1 aliphatic heterocycles. The van der Waals surface area contributed by atoms with Crippen LogP contribution in [0.3, 0.4) is 0 Å². The third-order valence-corrected chi connectivity index (χ3v) is 4.45. The highest BCUT2D eigenvalue weighted by atomic mass is 16.2. The number of nitrogens with one attached hydrogen (secondary N) is 1. The van der Waals surface area contributed by atoms with Gasteiger partial charge >= 0.3 is 0 Å². The second-order valence-electron chi connectivity index (χ2n) is 6.16. The van der Waals surface area contributed by atoms with Crippen molar-refractivity contribution >= 4 is 23.4 Å². The van der Waals surface area contributed by atoms with E-state index in [2.05, 4.69) is 46.2 Å². The molecular weight excluding hydrogens is 302 g/mol. The minimum Gasteiger partial charge on any atom is -0.353 e. The van der Waals surface area contributed by atoms with E-state index in [-0.39, 0.29) is 5.91 Å². The van der Waals surface area contributed by atoms with Gasteiger partial charge in [0.15, 0.2) is 0 Å². The summed E-state index contributed by atoms with van der Waals surface area (Å²) in [4.78, 5) is 24.4. The monoisotopic (exact) mass is 325 g/mol. The van der Waals surface area contributed by atoms with Crippen LogP contribution in [-0.4, -0.2) is 47.0 Å². The van der Waals surface area contributed by atoms with Crippen LogP contribution in [0.5, 0.6) is 0 Å².